The zero-order chi connectivity index (χ0) is 15.4. The lowest BCUT2D eigenvalue weighted by atomic mass is 10.1. The predicted molar refractivity (Wildman–Crippen MR) is 85.7 cm³/mol. The van der Waals surface area contributed by atoms with Crippen molar-refractivity contribution in [2.45, 2.75) is 33.2 Å². The standard InChI is InChI=1S/C16H26N4O/c1-11(2)20-6-5-13(10-20)8-19-16(21)14-9-18-12(3)7-15(14)17-4/h7,9,11,13H,5-6,8,10H2,1-4H3,(H,17,18)(H,19,21). The molecule has 1 amide bonds. The molecule has 5 heteroatoms. The van der Waals surface area contributed by atoms with Gasteiger partial charge in [-0.1, -0.05) is 0 Å². The highest BCUT2D eigenvalue weighted by Gasteiger charge is 2.24. The van der Waals surface area contributed by atoms with Gasteiger partial charge in [0.2, 0.25) is 0 Å². The maximum absolute atomic E-state index is 12.3. The lowest BCUT2D eigenvalue weighted by Gasteiger charge is -2.20. The molecule has 0 aliphatic carbocycles. The molecule has 5 nitrogen and oxygen atoms in total. The first kappa shape index (κ1) is 15.8. The molecule has 1 saturated heterocycles. The maximum atomic E-state index is 12.3. The molecule has 0 bridgehead atoms. The number of likely N-dealkylation sites (tertiary alicyclic amines) is 1. The third kappa shape index (κ3) is 3.94. The second kappa shape index (κ2) is 6.89. The van der Waals surface area contributed by atoms with Gasteiger partial charge in [-0.15, -0.1) is 0 Å². The summed E-state index contributed by atoms with van der Waals surface area (Å²) in [4.78, 5) is 19.0. The molecule has 21 heavy (non-hydrogen) atoms. The first-order valence-electron chi connectivity index (χ1n) is 7.68. The number of amides is 1. The summed E-state index contributed by atoms with van der Waals surface area (Å²) in [5.41, 5.74) is 2.34. The number of carbonyl (C=O) groups excluding carboxylic acids is 1. The largest absolute Gasteiger partial charge is 0.387 e. The van der Waals surface area contributed by atoms with Gasteiger partial charge in [0.15, 0.2) is 0 Å². The Morgan fingerprint density at radius 3 is 2.90 bits per heavy atom. The number of pyridine rings is 1. The quantitative estimate of drug-likeness (QED) is 0.869. The lowest BCUT2D eigenvalue weighted by Crippen LogP contribution is -2.33. The predicted octanol–water partition coefficient (Wildman–Crippen LogP) is 1.89. The summed E-state index contributed by atoms with van der Waals surface area (Å²) < 4.78 is 0. The monoisotopic (exact) mass is 290 g/mol. The summed E-state index contributed by atoms with van der Waals surface area (Å²) in [6.07, 6.45) is 2.80. The zero-order valence-electron chi connectivity index (χ0n) is 13.4. The van der Waals surface area contributed by atoms with Crippen molar-refractivity contribution in [1.29, 1.82) is 0 Å². The van der Waals surface area contributed by atoms with Crippen molar-refractivity contribution in [3.8, 4) is 0 Å². The van der Waals surface area contributed by atoms with Crippen molar-refractivity contribution < 1.29 is 4.79 Å². The van der Waals surface area contributed by atoms with E-state index < -0.39 is 0 Å². The highest BCUT2D eigenvalue weighted by atomic mass is 16.1. The molecule has 1 atom stereocenters. The van der Waals surface area contributed by atoms with Gasteiger partial charge in [0.1, 0.15) is 0 Å². The molecular weight excluding hydrogens is 264 g/mol. The first-order chi connectivity index (χ1) is 10.0. The molecule has 1 unspecified atom stereocenters. The Hall–Kier alpha value is -1.62. The van der Waals surface area contributed by atoms with Crippen LogP contribution < -0.4 is 10.6 Å². The van der Waals surface area contributed by atoms with Gasteiger partial charge >= 0.3 is 0 Å². The summed E-state index contributed by atoms with van der Waals surface area (Å²) >= 11 is 0. The first-order valence-corrected chi connectivity index (χ1v) is 7.68. The van der Waals surface area contributed by atoms with Gasteiger partial charge in [-0.2, -0.15) is 0 Å². The summed E-state index contributed by atoms with van der Waals surface area (Å²) in [7, 11) is 1.82. The summed E-state index contributed by atoms with van der Waals surface area (Å²) in [5.74, 6) is 0.502. The fourth-order valence-electron chi connectivity index (χ4n) is 2.78. The normalized spacial score (nSPS) is 19.0. The average Bonchev–Trinajstić information content (AvgIpc) is 2.93. The Balaban J connectivity index is 1.91. The van der Waals surface area contributed by atoms with Crippen LogP contribution in [-0.2, 0) is 0 Å². The molecule has 2 heterocycles. The molecule has 1 aliphatic heterocycles. The minimum Gasteiger partial charge on any atom is -0.387 e. The molecule has 2 N–H and O–H groups in total. The Kier molecular flexibility index (Phi) is 5.17. The number of hydrogen-bond donors (Lipinski definition) is 2. The van der Waals surface area contributed by atoms with E-state index in [9.17, 15) is 4.79 Å². The highest BCUT2D eigenvalue weighted by molar-refractivity contribution is 5.99. The second-order valence-corrected chi connectivity index (χ2v) is 6.07. The molecule has 0 aromatic carbocycles. The molecule has 2 rings (SSSR count). The van der Waals surface area contributed by atoms with E-state index in [1.165, 1.54) is 0 Å². The number of aromatic nitrogens is 1. The Morgan fingerprint density at radius 1 is 1.52 bits per heavy atom. The highest BCUT2D eigenvalue weighted by Crippen LogP contribution is 2.19. The summed E-state index contributed by atoms with van der Waals surface area (Å²) in [6, 6.07) is 2.48. The van der Waals surface area contributed by atoms with E-state index >= 15 is 0 Å². The van der Waals surface area contributed by atoms with Crippen LogP contribution in [0.15, 0.2) is 12.3 Å². The van der Waals surface area contributed by atoms with Crippen molar-refractivity contribution in [2.75, 3.05) is 32.0 Å². The number of carbonyl (C=O) groups is 1. The van der Waals surface area contributed by atoms with E-state index in [4.69, 9.17) is 0 Å². The lowest BCUT2D eigenvalue weighted by molar-refractivity contribution is 0.0947. The molecule has 1 aliphatic rings. The molecule has 1 fully saturated rings. The number of nitrogens with one attached hydrogen (secondary N) is 2. The van der Waals surface area contributed by atoms with Gasteiger partial charge < -0.3 is 15.5 Å². The Labute approximate surface area is 127 Å². The van der Waals surface area contributed by atoms with Crippen LogP contribution in [0.1, 0.15) is 36.3 Å². The molecule has 0 radical (unpaired) electrons. The van der Waals surface area contributed by atoms with Crippen LogP contribution in [0.2, 0.25) is 0 Å². The number of nitrogens with zero attached hydrogens (tertiary/aromatic N) is 2. The van der Waals surface area contributed by atoms with Crippen molar-refractivity contribution >= 4 is 11.6 Å². The molecular formula is C16H26N4O. The minimum absolute atomic E-state index is 0.0464. The SMILES string of the molecule is CNc1cc(C)ncc1C(=O)NCC1CCN(C(C)C)C1. The average molecular weight is 290 g/mol. The van der Waals surface area contributed by atoms with Crippen molar-refractivity contribution in [2.24, 2.45) is 5.92 Å². The van der Waals surface area contributed by atoms with Crippen LogP contribution in [0.25, 0.3) is 0 Å². The van der Waals surface area contributed by atoms with Crippen molar-refractivity contribution in [1.82, 2.24) is 15.2 Å². The van der Waals surface area contributed by atoms with E-state index in [0.29, 0.717) is 17.5 Å². The van der Waals surface area contributed by atoms with Gasteiger partial charge in [-0.3, -0.25) is 9.78 Å². The molecule has 1 aromatic rings. The van der Waals surface area contributed by atoms with Crippen LogP contribution in [0.5, 0.6) is 0 Å². The minimum atomic E-state index is -0.0464. The Morgan fingerprint density at radius 2 is 2.29 bits per heavy atom. The van der Waals surface area contributed by atoms with Crippen LogP contribution >= 0.6 is 0 Å². The fraction of sp³-hybridized carbons (Fsp3) is 0.625. The number of hydrogen-bond acceptors (Lipinski definition) is 4. The van der Waals surface area contributed by atoms with Gasteiger partial charge in [-0.25, -0.2) is 0 Å². The number of aryl methyl sites for hydroxylation is 1. The smallest absolute Gasteiger partial charge is 0.254 e. The maximum Gasteiger partial charge on any atom is 0.254 e. The topological polar surface area (TPSA) is 57.3 Å². The number of rotatable bonds is 5. The molecule has 116 valence electrons. The van der Waals surface area contributed by atoms with Crippen LogP contribution in [0.3, 0.4) is 0 Å². The molecule has 0 saturated carbocycles. The van der Waals surface area contributed by atoms with Crippen molar-refractivity contribution in [3.63, 3.8) is 0 Å². The zero-order valence-corrected chi connectivity index (χ0v) is 13.4. The third-order valence-corrected chi connectivity index (χ3v) is 4.15. The van der Waals surface area contributed by atoms with Crippen molar-refractivity contribution in [3.05, 3.63) is 23.5 Å². The van der Waals surface area contributed by atoms with Gasteiger partial charge in [-0.05, 0) is 45.7 Å². The van der Waals surface area contributed by atoms with E-state index in [1.807, 2.05) is 20.0 Å². The molecule has 1 aromatic heterocycles. The third-order valence-electron chi connectivity index (χ3n) is 4.15. The fourth-order valence-corrected chi connectivity index (χ4v) is 2.78. The van der Waals surface area contributed by atoms with Gasteiger partial charge in [0.25, 0.3) is 5.91 Å². The Bertz CT molecular complexity index is 501. The summed E-state index contributed by atoms with van der Waals surface area (Å²) in [6.45, 7) is 9.30. The second-order valence-electron chi connectivity index (χ2n) is 6.07. The van der Waals surface area contributed by atoms with E-state index in [-0.39, 0.29) is 5.91 Å². The van der Waals surface area contributed by atoms with Gasteiger partial charge in [0.05, 0.1) is 11.3 Å². The van der Waals surface area contributed by atoms with E-state index in [2.05, 4.69) is 34.4 Å². The van der Waals surface area contributed by atoms with Crippen LogP contribution in [-0.4, -0.2) is 48.5 Å². The number of anilines is 1. The summed E-state index contributed by atoms with van der Waals surface area (Å²) in [5, 5.41) is 6.11. The van der Waals surface area contributed by atoms with Crippen LogP contribution in [0, 0.1) is 12.8 Å². The van der Waals surface area contributed by atoms with E-state index in [0.717, 1.165) is 37.4 Å². The van der Waals surface area contributed by atoms with Crippen LogP contribution in [0.4, 0.5) is 5.69 Å². The van der Waals surface area contributed by atoms with Gasteiger partial charge in [0, 0.05) is 38.1 Å². The molecule has 0 spiro atoms. The van der Waals surface area contributed by atoms with E-state index in [1.54, 1.807) is 6.20 Å².